The third-order valence-corrected chi connectivity index (χ3v) is 6.90. The van der Waals surface area contributed by atoms with E-state index in [-0.39, 0.29) is 17.9 Å². The van der Waals surface area contributed by atoms with Crippen LogP contribution in [0.4, 0.5) is 10.2 Å². The fourth-order valence-corrected chi connectivity index (χ4v) is 4.80. The van der Waals surface area contributed by atoms with E-state index in [0.717, 1.165) is 11.1 Å². The summed E-state index contributed by atoms with van der Waals surface area (Å²) in [5.41, 5.74) is 7.65. The van der Waals surface area contributed by atoms with Crippen molar-refractivity contribution in [2.75, 3.05) is 5.73 Å². The van der Waals surface area contributed by atoms with Gasteiger partial charge in [0.1, 0.15) is 18.1 Å². The molecule has 1 saturated carbocycles. The summed E-state index contributed by atoms with van der Waals surface area (Å²) in [6.07, 6.45) is -1.30. The lowest BCUT2D eigenvalue weighted by Gasteiger charge is -2.21. The Morgan fingerprint density at radius 2 is 1.62 bits per heavy atom. The second kappa shape index (κ2) is 8.38. The van der Waals surface area contributed by atoms with E-state index in [1.165, 1.54) is 0 Å². The first-order chi connectivity index (χ1) is 17.7. The normalized spacial score (nSPS) is 24.0. The Bertz CT molecular complexity index is 1540. The zero-order chi connectivity index (χ0) is 25.9. The van der Waals surface area contributed by atoms with Gasteiger partial charge in [0.05, 0.1) is 16.5 Å². The first kappa shape index (κ1) is 23.1. The van der Waals surface area contributed by atoms with Crippen LogP contribution >= 0.6 is 0 Å². The summed E-state index contributed by atoms with van der Waals surface area (Å²) in [5, 5.41) is 0.471. The van der Waals surface area contributed by atoms with Crippen LogP contribution in [0.3, 0.4) is 0 Å². The monoisotopic (exact) mass is 502 g/mol. The van der Waals surface area contributed by atoms with Crippen molar-refractivity contribution >= 4 is 28.8 Å². The Morgan fingerprint density at radius 1 is 1.00 bits per heavy atom. The fraction of sp³-hybridized carbons (Fsp3) is 0.259. The Morgan fingerprint density at radius 3 is 2.27 bits per heavy atom. The molecule has 0 spiro atoms. The van der Waals surface area contributed by atoms with E-state index in [0.29, 0.717) is 16.5 Å². The molecule has 2 N–H and O–H groups in total. The van der Waals surface area contributed by atoms with Crippen molar-refractivity contribution < 1.29 is 28.2 Å². The molecule has 2 aromatic heterocycles. The van der Waals surface area contributed by atoms with E-state index in [1.54, 1.807) is 41.1 Å². The van der Waals surface area contributed by atoms with Crippen LogP contribution < -0.4 is 5.73 Å². The van der Waals surface area contributed by atoms with Crippen LogP contribution in [0.1, 0.15) is 44.5 Å². The molecule has 2 fully saturated rings. The molecule has 1 saturated heterocycles. The Balaban J connectivity index is 1.29. The molecule has 1 unspecified atom stereocenters. The van der Waals surface area contributed by atoms with E-state index in [1.807, 2.05) is 38.1 Å². The lowest BCUT2D eigenvalue weighted by molar-refractivity contribution is -0.0313. The van der Waals surface area contributed by atoms with Gasteiger partial charge in [-0.2, -0.15) is 14.4 Å². The minimum atomic E-state index is -1.21. The predicted molar refractivity (Wildman–Crippen MR) is 130 cm³/mol. The van der Waals surface area contributed by atoms with Gasteiger partial charge in [0.15, 0.2) is 17.4 Å². The molecule has 0 radical (unpaired) electrons. The molecule has 188 valence electrons. The highest BCUT2D eigenvalue weighted by molar-refractivity contribution is 5.91. The molecule has 6 rings (SSSR count). The molecule has 2 aliphatic rings. The van der Waals surface area contributed by atoms with E-state index >= 15 is 0 Å². The molecular weight excluding hydrogens is 479 g/mol. The first-order valence-corrected chi connectivity index (χ1v) is 11.8. The number of esters is 2. The number of anilines is 1. The number of aryl methyl sites for hydroxylation is 2. The summed E-state index contributed by atoms with van der Waals surface area (Å²) in [6, 6.07) is 15.6. The van der Waals surface area contributed by atoms with Gasteiger partial charge < -0.3 is 24.5 Å². The van der Waals surface area contributed by atoms with Crippen molar-refractivity contribution in [2.45, 2.75) is 44.3 Å². The Hall–Kier alpha value is -4.31. The van der Waals surface area contributed by atoms with Crippen LogP contribution in [-0.2, 0) is 14.2 Å². The molecule has 4 aromatic rings. The fourth-order valence-electron chi connectivity index (χ4n) is 4.80. The highest BCUT2D eigenvalue weighted by Gasteiger charge is 2.78. The summed E-state index contributed by atoms with van der Waals surface area (Å²) < 4.78 is 33.4. The molecule has 1 aliphatic carbocycles. The van der Waals surface area contributed by atoms with Gasteiger partial charge >= 0.3 is 18.0 Å². The van der Waals surface area contributed by atoms with Gasteiger partial charge in [0.25, 0.3) is 0 Å². The lowest BCUT2D eigenvalue weighted by Crippen LogP contribution is -2.28. The number of nitrogens with zero attached hydrogens (tertiary/aromatic N) is 3. The summed E-state index contributed by atoms with van der Waals surface area (Å²) >= 11 is 0. The average molecular weight is 503 g/mol. The number of nitrogens with two attached hydrogens (primary N) is 1. The molecular formula is C27H23FN4O5. The van der Waals surface area contributed by atoms with Crippen LogP contribution in [0, 0.1) is 19.9 Å². The smallest absolute Gasteiger partial charge is 0.338 e. The van der Waals surface area contributed by atoms with Gasteiger partial charge in [-0.3, -0.25) is 0 Å². The number of halogens is 1. The van der Waals surface area contributed by atoms with Gasteiger partial charge in [0, 0.05) is 12.6 Å². The van der Waals surface area contributed by atoms with E-state index in [4.69, 9.17) is 19.9 Å². The first-order valence-electron chi connectivity index (χ1n) is 11.8. The van der Waals surface area contributed by atoms with Gasteiger partial charge in [-0.05, 0) is 44.2 Å². The predicted octanol–water partition coefficient (Wildman–Crippen LogP) is 3.89. The van der Waals surface area contributed by atoms with Gasteiger partial charge in [-0.1, -0.05) is 35.4 Å². The van der Waals surface area contributed by atoms with Crippen LogP contribution in [0.2, 0.25) is 0 Å². The number of fused-ring (bicyclic) bond motifs is 2. The summed E-state index contributed by atoms with van der Waals surface area (Å²) in [4.78, 5) is 33.3. The van der Waals surface area contributed by atoms with Gasteiger partial charge in [0.2, 0.25) is 0 Å². The number of aromatic nitrogens is 3. The number of hydrogen-bond donors (Lipinski definition) is 1. The number of hydrogen-bond acceptors (Lipinski definition) is 8. The molecule has 10 heteroatoms. The van der Waals surface area contributed by atoms with Crippen LogP contribution in [0.5, 0.6) is 0 Å². The average Bonchev–Trinajstić information content (AvgIpc) is 3.18. The molecule has 1 aliphatic heterocycles. The molecule has 0 bridgehead atoms. The standard InChI is InChI=1S/C27H23FN4O5/c1-14-3-7-16(8-4-14)24(33)36-21-20-27(21,37-25(34)17-9-5-15(2)6-10-17)13-19(35-20)32-12-11-18-22(29)30-26(28)31-23(18)32/h3-12,19-21H,13H2,1-2H3,(H2,29,30,31)/t19-,20-,21?,27+/m1/s1. The molecule has 9 nitrogen and oxygen atoms in total. The van der Waals surface area contributed by atoms with Crippen molar-refractivity contribution in [3.63, 3.8) is 0 Å². The van der Waals surface area contributed by atoms with Gasteiger partial charge in [-0.25, -0.2) is 9.59 Å². The van der Waals surface area contributed by atoms with Crippen molar-refractivity contribution in [2.24, 2.45) is 0 Å². The maximum absolute atomic E-state index is 13.9. The second-order valence-electron chi connectivity index (χ2n) is 9.46. The molecule has 4 atom stereocenters. The minimum absolute atomic E-state index is 0.00910. The lowest BCUT2D eigenvalue weighted by atomic mass is 10.1. The molecule has 3 heterocycles. The van der Waals surface area contributed by atoms with E-state index in [2.05, 4.69) is 9.97 Å². The number of ether oxygens (including phenoxy) is 3. The zero-order valence-corrected chi connectivity index (χ0v) is 20.1. The summed E-state index contributed by atoms with van der Waals surface area (Å²) in [5.74, 6) is -1.09. The van der Waals surface area contributed by atoms with Gasteiger partial charge in [-0.15, -0.1) is 0 Å². The SMILES string of the molecule is Cc1ccc(C(=O)OC2[C@H]3O[C@@H](n4ccc5c(N)nc(F)nc54)C[C@@]23OC(=O)c2ccc(C)cc2)cc1. The Kier molecular flexibility index (Phi) is 5.23. The van der Waals surface area contributed by atoms with E-state index < -0.39 is 42.1 Å². The van der Waals surface area contributed by atoms with Crippen molar-refractivity contribution in [3.8, 4) is 0 Å². The number of benzene rings is 2. The maximum atomic E-state index is 13.9. The maximum Gasteiger partial charge on any atom is 0.338 e. The third-order valence-electron chi connectivity index (χ3n) is 6.90. The van der Waals surface area contributed by atoms with Crippen molar-refractivity contribution in [1.29, 1.82) is 0 Å². The van der Waals surface area contributed by atoms with Crippen molar-refractivity contribution in [3.05, 3.63) is 89.1 Å². The highest BCUT2D eigenvalue weighted by Crippen LogP contribution is 2.58. The largest absolute Gasteiger partial charge is 0.451 e. The second-order valence-corrected chi connectivity index (χ2v) is 9.46. The number of carbonyl (C=O) groups is 2. The molecule has 2 aromatic carbocycles. The van der Waals surface area contributed by atoms with Crippen LogP contribution in [-0.4, -0.2) is 44.3 Å². The van der Waals surface area contributed by atoms with Crippen LogP contribution in [0.15, 0.2) is 60.8 Å². The quantitative estimate of drug-likeness (QED) is 0.323. The molecule has 0 amide bonds. The number of carbonyl (C=O) groups excluding carboxylic acids is 2. The van der Waals surface area contributed by atoms with Crippen molar-refractivity contribution in [1.82, 2.24) is 14.5 Å². The Labute approximate surface area is 211 Å². The zero-order valence-electron chi connectivity index (χ0n) is 20.1. The minimum Gasteiger partial charge on any atom is -0.451 e. The third kappa shape index (κ3) is 3.89. The topological polar surface area (TPSA) is 119 Å². The summed E-state index contributed by atoms with van der Waals surface area (Å²) in [7, 11) is 0. The van der Waals surface area contributed by atoms with E-state index in [9.17, 15) is 14.0 Å². The number of nitrogen functional groups attached to an aromatic ring is 1. The number of rotatable bonds is 5. The van der Waals surface area contributed by atoms with Crippen LogP contribution in [0.25, 0.3) is 11.0 Å². The molecule has 37 heavy (non-hydrogen) atoms. The summed E-state index contributed by atoms with van der Waals surface area (Å²) in [6.45, 7) is 3.84. The highest BCUT2D eigenvalue weighted by atomic mass is 19.1.